The molecule has 0 saturated heterocycles. The fourth-order valence-electron chi connectivity index (χ4n) is 3.50. The quantitative estimate of drug-likeness (QED) is 0.499. The molecule has 0 aliphatic carbocycles. The van der Waals surface area contributed by atoms with Gasteiger partial charge in [0.1, 0.15) is 5.69 Å². The molecular weight excluding hydrogens is 372 g/mol. The molecule has 0 radical (unpaired) electrons. The van der Waals surface area contributed by atoms with Crippen LogP contribution in [0.4, 0.5) is 5.69 Å². The van der Waals surface area contributed by atoms with Gasteiger partial charge in [0.05, 0.1) is 23.5 Å². The third-order valence-electron chi connectivity index (χ3n) is 4.85. The van der Waals surface area contributed by atoms with Gasteiger partial charge in [0.2, 0.25) is 0 Å². The molecular formula is C22H15ClN4O. The van der Waals surface area contributed by atoms with E-state index in [1.165, 1.54) is 0 Å². The number of rotatable bonds is 2. The summed E-state index contributed by atoms with van der Waals surface area (Å²) >= 11 is 6.20. The van der Waals surface area contributed by atoms with Crippen LogP contribution < -0.4 is 4.90 Å². The van der Waals surface area contributed by atoms with E-state index in [1.54, 1.807) is 21.7 Å². The molecule has 0 fully saturated rings. The van der Waals surface area contributed by atoms with Crippen molar-refractivity contribution in [3.8, 4) is 16.9 Å². The summed E-state index contributed by atoms with van der Waals surface area (Å²) in [6, 6.07) is 24.7. The highest BCUT2D eigenvalue weighted by molar-refractivity contribution is 6.31. The Morgan fingerprint density at radius 3 is 2.36 bits per heavy atom. The fourth-order valence-corrected chi connectivity index (χ4v) is 3.68. The summed E-state index contributed by atoms with van der Waals surface area (Å²) in [7, 11) is 0. The van der Waals surface area contributed by atoms with E-state index in [0.717, 1.165) is 22.6 Å². The maximum Gasteiger partial charge on any atom is 0.260 e. The van der Waals surface area contributed by atoms with Gasteiger partial charge in [-0.25, -0.2) is 4.68 Å². The average Bonchev–Trinajstić information content (AvgIpc) is 3.11. The molecule has 5 rings (SSSR count). The molecule has 28 heavy (non-hydrogen) atoms. The summed E-state index contributed by atoms with van der Waals surface area (Å²) in [6.07, 6.45) is 0. The molecule has 0 bridgehead atoms. The van der Waals surface area contributed by atoms with Gasteiger partial charge >= 0.3 is 0 Å². The molecule has 1 aliphatic heterocycles. The molecule has 4 aromatic rings. The Bertz CT molecular complexity index is 1170. The predicted molar refractivity (Wildman–Crippen MR) is 109 cm³/mol. The van der Waals surface area contributed by atoms with Gasteiger partial charge in [-0.05, 0) is 30.3 Å². The Morgan fingerprint density at radius 2 is 1.61 bits per heavy atom. The Kier molecular flexibility index (Phi) is 3.95. The normalized spacial score (nSPS) is 13.0. The molecule has 2 heterocycles. The van der Waals surface area contributed by atoms with Crippen molar-refractivity contribution >= 4 is 23.2 Å². The van der Waals surface area contributed by atoms with E-state index >= 15 is 0 Å². The zero-order valence-electron chi connectivity index (χ0n) is 14.8. The van der Waals surface area contributed by atoms with Crippen molar-refractivity contribution in [3.05, 3.63) is 95.1 Å². The average molecular weight is 387 g/mol. The summed E-state index contributed by atoms with van der Waals surface area (Å²) in [5, 5.41) is 9.30. The van der Waals surface area contributed by atoms with Crippen molar-refractivity contribution in [1.29, 1.82) is 0 Å². The molecule has 6 heteroatoms. The van der Waals surface area contributed by atoms with E-state index in [1.807, 2.05) is 66.7 Å². The highest BCUT2D eigenvalue weighted by Crippen LogP contribution is 2.33. The minimum absolute atomic E-state index is 0.117. The zero-order chi connectivity index (χ0) is 19.1. The van der Waals surface area contributed by atoms with Crippen LogP contribution in [0.25, 0.3) is 16.9 Å². The van der Waals surface area contributed by atoms with Crippen molar-refractivity contribution in [3.63, 3.8) is 0 Å². The second-order valence-electron chi connectivity index (χ2n) is 6.55. The highest BCUT2D eigenvalue weighted by Gasteiger charge is 2.30. The van der Waals surface area contributed by atoms with Gasteiger partial charge < -0.3 is 4.90 Å². The summed E-state index contributed by atoms with van der Waals surface area (Å²) in [5.41, 5.74) is 4.56. The van der Waals surface area contributed by atoms with Crippen LogP contribution in [0.3, 0.4) is 0 Å². The van der Waals surface area contributed by atoms with E-state index in [0.29, 0.717) is 22.8 Å². The molecule has 0 saturated carbocycles. The van der Waals surface area contributed by atoms with E-state index in [-0.39, 0.29) is 5.91 Å². The number of carbonyl (C=O) groups excluding carboxylic acids is 1. The summed E-state index contributed by atoms with van der Waals surface area (Å²) in [5.74, 6) is -0.117. The van der Waals surface area contributed by atoms with Crippen LogP contribution in [-0.2, 0) is 6.54 Å². The number of para-hydroxylation sites is 1. The number of benzene rings is 3. The van der Waals surface area contributed by atoms with Crippen LogP contribution in [-0.4, -0.2) is 20.9 Å². The summed E-state index contributed by atoms with van der Waals surface area (Å²) < 4.78 is 1.74. The first-order chi connectivity index (χ1) is 13.7. The topological polar surface area (TPSA) is 51.0 Å². The van der Waals surface area contributed by atoms with Gasteiger partial charge in [0.15, 0.2) is 0 Å². The lowest BCUT2D eigenvalue weighted by Gasteiger charge is -2.21. The van der Waals surface area contributed by atoms with Gasteiger partial charge in [-0.2, -0.15) is 0 Å². The van der Waals surface area contributed by atoms with Gasteiger partial charge in [-0.15, -0.1) is 5.10 Å². The maximum absolute atomic E-state index is 13.4. The third kappa shape index (κ3) is 2.68. The fraction of sp³-hybridized carbons (Fsp3) is 0.0455. The smallest absolute Gasteiger partial charge is 0.260 e. The number of anilines is 1. The van der Waals surface area contributed by atoms with E-state index < -0.39 is 0 Å². The third-order valence-corrected chi connectivity index (χ3v) is 5.08. The first-order valence-electron chi connectivity index (χ1n) is 8.89. The Labute approximate surface area is 166 Å². The molecule has 1 amide bonds. The maximum atomic E-state index is 13.4. The largest absolute Gasteiger partial charge is 0.302 e. The standard InChI is InChI=1S/C22H15ClN4O/c23-16-11-12-19-18(13-16)22(28)26(17-9-5-2-6-10-17)14-20-21(24-25-27(19)20)15-7-3-1-4-8-15/h1-13H,14H2. The Balaban J connectivity index is 1.76. The highest BCUT2D eigenvalue weighted by atomic mass is 35.5. The van der Waals surface area contributed by atoms with Crippen LogP contribution in [0, 0.1) is 0 Å². The molecule has 0 N–H and O–H groups in total. The van der Waals surface area contributed by atoms with Crippen molar-refractivity contribution in [2.75, 3.05) is 4.90 Å². The molecule has 1 aromatic heterocycles. The van der Waals surface area contributed by atoms with Gasteiger partial charge in [0, 0.05) is 16.3 Å². The number of carbonyl (C=O) groups is 1. The van der Waals surface area contributed by atoms with Crippen molar-refractivity contribution in [1.82, 2.24) is 15.0 Å². The van der Waals surface area contributed by atoms with Crippen molar-refractivity contribution in [2.24, 2.45) is 0 Å². The molecule has 3 aromatic carbocycles. The van der Waals surface area contributed by atoms with Crippen LogP contribution in [0.15, 0.2) is 78.9 Å². The molecule has 1 aliphatic rings. The van der Waals surface area contributed by atoms with E-state index in [9.17, 15) is 4.79 Å². The minimum Gasteiger partial charge on any atom is -0.302 e. The number of fused-ring (bicyclic) bond motifs is 3. The molecule has 0 atom stereocenters. The predicted octanol–water partition coefficient (Wildman–Crippen LogP) is 4.75. The Hall–Kier alpha value is -3.44. The number of aromatic nitrogens is 3. The second kappa shape index (κ2) is 6.62. The summed E-state index contributed by atoms with van der Waals surface area (Å²) in [6.45, 7) is 0.354. The molecule has 5 nitrogen and oxygen atoms in total. The number of nitrogens with zero attached hydrogens (tertiary/aromatic N) is 4. The number of hydrogen-bond acceptors (Lipinski definition) is 3. The lowest BCUT2D eigenvalue weighted by Crippen LogP contribution is -2.29. The van der Waals surface area contributed by atoms with Gasteiger partial charge in [-0.1, -0.05) is 65.3 Å². The first kappa shape index (κ1) is 16.7. The van der Waals surface area contributed by atoms with Crippen LogP contribution in [0.2, 0.25) is 5.02 Å². The second-order valence-corrected chi connectivity index (χ2v) is 6.99. The SMILES string of the molecule is O=C1c2cc(Cl)ccc2-n2nnc(-c3ccccc3)c2CN1c1ccccc1. The van der Waals surface area contributed by atoms with Gasteiger partial charge in [0.25, 0.3) is 5.91 Å². The molecule has 136 valence electrons. The molecule has 0 unspecified atom stereocenters. The van der Waals surface area contributed by atoms with Crippen LogP contribution in [0.5, 0.6) is 0 Å². The number of hydrogen-bond donors (Lipinski definition) is 0. The monoisotopic (exact) mass is 386 g/mol. The lowest BCUT2D eigenvalue weighted by atomic mass is 10.1. The zero-order valence-corrected chi connectivity index (χ0v) is 15.5. The number of halogens is 1. The molecule has 0 spiro atoms. The van der Waals surface area contributed by atoms with Crippen molar-refractivity contribution in [2.45, 2.75) is 6.54 Å². The van der Waals surface area contributed by atoms with Gasteiger partial charge in [-0.3, -0.25) is 4.79 Å². The first-order valence-corrected chi connectivity index (χ1v) is 9.27. The lowest BCUT2D eigenvalue weighted by molar-refractivity contribution is 0.0986. The number of amides is 1. The van der Waals surface area contributed by atoms with E-state index in [4.69, 9.17) is 11.6 Å². The van der Waals surface area contributed by atoms with Crippen molar-refractivity contribution < 1.29 is 4.79 Å². The Morgan fingerprint density at radius 1 is 0.893 bits per heavy atom. The van der Waals surface area contributed by atoms with Crippen LogP contribution >= 0.6 is 11.6 Å². The minimum atomic E-state index is -0.117. The van der Waals surface area contributed by atoms with E-state index in [2.05, 4.69) is 10.3 Å². The van der Waals surface area contributed by atoms with Crippen LogP contribution in [0.1, 0.15) is 16.1 Å². The summed E-state index contributed by atoms with van der Waals surface area (Å²) in [4.78, 5) is 15.1.